The lowest BCUT2D eigenvalue weighted by molar-refractivity contribution is -0.154. The molecule has 0 aliphatic heterocycles. The van der Waals surface area contributed by atoms with Crippen molar-refractivity contribution >= 4 is 23.1 Å². The second-order valence-corrected chi connectivity index (χ2v) is 5.31. The maximum Gasteiger partial charge on any atom is 0.415 e. The minimum Gasteiger partial charge on any atom is -0.320 e. The summed E-state index contributed by atoms with van der Waals surface area (Å²) in [6, 6.07) is -3.18. The zero-order valence-electron chi connectivity index (χ0n) is 11.6. The number of carbonyl (C=O) groups excluding carboxylic acids is 1. The minimum absolute atomic E-state index is 0.194. The van der Waals surface area contributed by atoms with Gasteiger partial charge in [-0.3, -0.25) is 0 Å². The summed E-state index contributed by atoms with van der Waals surface area (Å²) in [5.74, 6) is 0.484. The number of nitrogens with one attached hydrogen (secondary N) is 2. The molecule has 0 aliphatic rings. The van der Waals surface area contributed by atoms with Gasteiger partial charge in [0.05, 0.1) is 18.1 Å². The molecular weight excluding hydrogens is 319 g/mol. The Labute approximate surface area is 127 Å². The summed E-state index contributed by atoms with van der Waals surface area (Å²) >= 11 is 0.836. The summed E-state index contributed by atoms with van der Waals surface area (Å²) in [4.78, 5) is 23.2. The van der Waals surface area contributed by atoms with E-state index in [1.54, 1.807) is 13.8 Å². The van der Waals surface area contributed by atoms with E-state index in [1.807, 2.05) is 5.32 Å². The number of thiazole rings is 1. The number of halogens is 3. The Kier molecular flexibility index (Phi) is 4.59. The van der Waals surface area contributed by atoms with Crippen molar-refractivity contribution in [3.05, 3.63) is 34.3 Å². The van der Waals surface area contributed by atoms with E-state index in [-0.39, 0.29) is 10.7 Å². The van der Waals surface area contributed by atoms with Crippen LogP contribution in [0.2, 0.25) is 0 Å². The van der Waals surface area contributed by atoms with Gasteiger partial charge in [-0.25, -0.2) is 19.7 Å². The van der Waals surface area contributed by atoms with Crippen molar-refractivity contribution < 1.29 is 18.0 Å². The van der Waals surface area contributed by atoms with Crippen LogP contribution in [-0.4, -0.2) is 27.2 Å². The van der Waals surface area contributed by atoms with Gasteiger partial charge in [0, 0.05) is 11.1 Å². The zero-order chi connectivity index (χ0) is 16.3. The maximum atomic E-state index is 13.1. The highest BCUT2D eigenvalue weighted by molar-refractivity contribution is 7.09. The van der Waals surface area contributed by atoms with Gasteiger partial charge in [-0.2, -0.15) is 13.2 Å². The summed E-state index contributed by atoms with van der Waals surface area (Å²) < 4.78 is 39.2. The van der Waals surface area contributed by atoms with E-state index in [4.69, 9.17) is 0 Å². The number of nitrogens with zero attached hydrogens (tertiary/aromatic N) is 3. The fourth-order valence-electron chi connectivity index (χ4n) is 1.54. The Morgan fingerprint density at radius 3 is 2.41 bits per heavy atom. The van der Waals surface area contributed by atoms with Crippen LogP contribution in [0.25, 0.3) is 0 Å². The van der Waals surface area contributed by atoms with Gasteiger partial charge in [-0.15, -0.1) is 11.3 Å². The predicted octanol–water partition coefficient (Wildman–Crippen LogP) is 2.98. The third kappa shape index (κ3) is 4.13. The highest BCUT2D eigenvalue weighted by Gasteiger charge is 2.43. The van der Waals surface area contributed by atoms with Gasteiger partial charge in [-0.1, -0.05) is 0 Å². The second-order valence-electron chi connectivity index (χ2n) is 4.42. The molecule has 22 heavy (non-hydrogen) atoms. The first-order valence-electron chi connectivity index (χ1n) is 6.10. The van der Waals surface area contributed by atoms with Gasteiger partial charge in [0.1, 0.15) is 10.8 Å². The summed E-state index contributed by atoms with van der Waals surface area (Å²) in [6.45, 7) is 3.23. The highest BCUT2D eigenvalue weighted by atomic mass is 32.1. The molecular formula is C12H12F3N5OS. The van der Waals surface area contributed by atoms with Gasteiger partial charge in [0.25, 0.3) is 0 Å². The molecule has 10 heteroatoms. The fraction of sp³-hybridized carbons (Fsp3) is 0.333. The summed E-state index contributed by atoms with van der Waals surface area (Å²) in [7, 11) is 0. The number of anilines is 1. The number of amides is 2. The lowest BCUT2D eigenvalue weighted by Gasteiger charge is -2.19. The quantitative estimate of drug-likeness (QED) is 0.906. The molecule has 0 aromatic carbocycles. The van der Waals surface area contributed by atoms with Gasteiger partial charge < -0.3 is 10.6 Å². The normalized spacial score (nSPS) is 12.8. The number of hydrogen-bond donors (Lipinski definition) is 2. The van der Waals surface area contributed by atoms with Gasteiger partial charge >= 0.3 is 12.2 Å². The van der Waals surface area contributed by atoms with Crippen molar-refractivity contribution in [1.29, 1.82) is 0 Å². The minimum atomic E-state index is -4.65. The van der Waals surface area contributed by atoms with Crippen LogP contribution in [0, 0.1) is 13.8 Å². The number of rotatable bonds is 3. The first-order chi connectivity index (χ1) is 10.3. The number of alkyl halides is 3. The van der Waals surface area contributed by atoms with Crippen LogP contribution in [0.3, 0.4) is 0 Å². The van der Waals surface area contributed by atoms with E-state index in [0.29, 0.717) is 11.5 Å². The molecule has 2 amide bonds. The lowest BCUT2D eigenvalue weighted by atomic mass is 10.3. The lowest BCUT2D eigenvalue weighted by Crippen LogP contribution is -2.40. The average Bonchev–Trinajstić information content (AvgIpc) is 2.84. The molecule has 1 unspecified atom stereocenters. The van der Waals surface area contributed by atoms with Crippen LogP contribution < -0.4 is 10.6 Å². The Bertz CT molecular complexity index is 656. The molecule has 0 aliphatic carbocycles. The second kappa shape index (κ2) is 6.26. The van der Waals surface area contributed by atoms with Crippen LogP contribution in [0.1, 0.15) is 22.6 Å². The first kappa shape index (κ1) is 16.1. The topological polar surface area (TPSA) is 79.8 Å². The van der Waals surface area contributed by atoms with E-state index in [2.05, 4.69) is 20.3 Å². The van der Waals surface area contributed by atoms with Crippen molar-refractivity contribution in [3.8, 4) is 0 Å². The standard InChI is InChI=1S/C12H12F3N5OS/c1-6-5-22-10(18-6)9(12(13,14)15)20-11(21)19-8-3-16-7(2)17-4-8/h3-5,9H,1-2H3,(H2,19,20,21). The molecule has 1 atom stereocenters. The van der Waals surface area contributed by atoms with Gasteiger partial charge in [0.2, 0.25) is 0 Å². The molecule has 2 heterocycles. The van der Waals surface area contributed by atoms with E-state index < -0.39 is 18.2 Å². The molecule has 6 nitrogen and oxygen atoms in total. The Morgan fingerprint density at radius 2 is 1.91 bits per heavy atom. The number of aromatic nitrogens is 3. The van der Waals surface area contributed by atoms with E-state index in [1.165, 1.54) is 17.8 Å². The molecule has 0 fully saturated rings. The Balaban J connectivity index is 2.10. The Morgan fingerprint density at radius 1 is 1.27 bits per heavy atom. The summed E-state index contributed by atoms with van der Waals surface area (Å²) in [6.07, 6.45) is -2.04. The third-order valence-corrected chi connectivity index (χ3v) is 3.55. The van der Waals surface area contributed by atoms with Crippen molar-refractivity contribution in [2.75, 3.05) is 5.32 Å². The number of urea groups is 1. The van der Waals surface area contributed by atoms with Crippen molar-refractivity contribution in [3.63, 3.8) is 0 Å². The molecule has 0 saturated heterocycles. The van der Waals surface area contributed by atoms with E-state index >= 15 is 0 Å². The summed E-state index contributed by atoms with van der Waals surface area (Å²) in [5, 5.41) is 5.38. The molecule has 2 rings (SSSR count). The van der Waals surface area contributed by atoms with Crippen LogP contribution in [0.4, 0.5) is 23.7 Å². The molecule has 2 aromatic rings. The van der Waals surface area contributed by atoms with Gasteiger partial charge in [-0.05, 0) is 13.8 Å². The number of hydrogen-bond acceptors (Lipinski definition) is 5. The van der Waals surface area contributed by atoms with Gasteiger partial charge in [0.15, 0.2) is 6.04 Å². The maximum absolute atomic E-state index is 13.1. The predicted molar refractivity (Wildman–Crippen MR) is 74.6 cm³/mol. The van der Waals surface area contributed by atoms with Crippen molar-refractivity contribution in [2.24, 2.45) is 0 Å². The SMILES string of the molecule is Cc1csc(C(NC(=O)Nc2cnc(C)nc2)C(F)(F)F)n1. The summed E-state index contributed by atoms with van der Waals surface area (Å²) in [5.41, 5.74) is 0.655. The first-order valence-corrected chi connectivity index (χ1v) is 6.98. The third-order valence-electron chi connectivity index (χ3n) is 2.53. The molecule has 0 spiro atoms. The largest absolute Gasteiger partial charge is 0.415 e. The number of aryl methyl sites for hydroxylation is 2. The van der Waals surface area contributed by atoms with Crippen molar-refractivity contribution in [1.82, 2.24) is 20.3 Å². The van der Waals surface area contributed by atoms with Crippen LogP contribution in [-0.2, 0) is 0 Å². The Hall–Kier alpha value is -2.23. The molecule has 0 bridgehead atoms. The average molecular weight is 331 g/mol. The van der Waals surface area contributed by atoms with E-state index in [9.17, 15) is 18.0 Å². The van der Waals surface area contributed by atoms with Crippen molar-refractivity contribution in [2.45, 2.75) is 26.1 Å². The molecule has 2 N–H and O–H groups in total. The monoisotopic (exact) mass is 331 g/mol. The molecule has 0 radical (unpaired) electrons. The highest BCUT2D eigenvalue weighted by Crippen LogP contribution is 2.34. The van der Waals surface area contributed by atoms with Crippen LogP contribution in [0.15, 0.2) is 17.8 Å². The van der Waals surface area contributed by atoms with E-state index in [0.717, 1.165) is 11.3 Å². The fourth-order valence-corrected chi connectivity index (χ4v) is 2.41. The smallest absolute Gasteiger partial charge is 0.320 e. The zero-order valence-corrected chi connectivity index (χ0v) is 12.4. The number of carbonyl (C=O) groups is 1. The molecule has 2 aromatic heterocycles. The van der Waals surface area contributed by atoms with Crippen LogP contribution >= 0.6 is 11.3 Å². The molecule has 0 saturated carbocycles. The molecule has 118 valence electrons. The van der Waals surface area contributed by atoms with Crippen LogP contribution in [0.5, 0.6) is 0 Å².